The summed E-state index contributed by atoms with van der Waals surface area (Å²) in [6.07, 6.45) is -0.618. The van der Waals surface area contributed by atoms with E-state index in [0.717, 1.165) is 16.3 Å². The summed E-state index contributed by atoms with van der Waals surface area (Å²) < 4.78 is 12.4. The molecule has 3 aromatic carbocycles. The summed E-state index contributed by atoms with van der Waals surface area (Å²) in [6, 6.07) is 20.0. The van der Waals surface area contributed by atoms with Crippen LogP contribution in [0.4, 0.5) is 16.2 Å². The van der Waals surface area contributed by atoms with Crippen LogP contribution in [0.15, 0.2) is 66.7 Å². The highest BCUT2D eigenvalue weighted by molar-refractivity contribution is 5.98. The highest BCUT2D eigenvalue weighted by Crippen LogP contribution is 2.32. The average Bonchev–Trinajstić information content (AvgIpc) is 3.29. The molecule has 4 aromatic rings. The van der Waals surface area contributed by atoms with Gasteiger partial charge in [-0.05, 0) is 66.6 Å². The molecule has 0 fully saturated rings. The first-order valence-corrected chi connectivity index (χ1v) is 12.0. The van der Waals surface area contributed by atoms with E-state index in [0.29, 0.717) is 17.9 Å². The van der Waals surface area contributed by atoms with E-state index in [4.69, 9.17) is 9.47 Å². The number of esters is 1. The van der Waals surface area contributed by atoms with Gasteiger partial charge in [0, 0.05) is 0 Å². The molecule has 4 rings (SSSR count). The van der Waals surface area contributed by atoms with Crippen molar-refractivity contribution in [3.8, 4) is 0 Å². The van der Waals surface area contributed by atoms with Gasteiger partial charge in [-0.1, -0.05) is 54.6 Å². The van der Waals surface area contributed by atoms with Gasteiger partial charge in [0.05, 0.1) is 24.5 Å². The minimum atomic E-state index is -1.04. The molecular formula is C27H30N6O4. The van der Waals surface area contributed by atoms with Crippen LogP contribution in [-0.2, 0) is 20.8 Å². The molecule has 10 nitrogen and oxygen atoms in total. The molecular weight excluding hydrogens is 472 g/mol. The SMILES string of the molecule is CCOC(=O)C(Nc1cc2ccccc2cc1NC(=O)OC(C)(C)C)c1nnnn1Cc1ccccc1. The predicted molar refractivity (Wildman–Crippen MR) is 140 cm³/mol. The maximum atomic E-state index is 13.1. The zero-order valence-electron chi connectivity index (χ0n) is 21.3. The van der Waals surface area contributed by atoms with E-state index in [1.54, 1.807) is 32.4 Å². The van der Waals surface area contributed by atoms with Crippen LogP contribution in [0.25, 0.3) is 10.8 Å². The molecule has 0 saturated heterocycles. The van der Waals surface area contributed by atoms with Crippen LogP contribution in [-0.4, -0.2) is 44.5 Å². The number of tetrazole rings is 1. The number of carbonyl (C=O) groups is 2. The highest BCUT2D eigenvalue weighted by atomic mass is 16.6. The Hall–Kier alpha value is -4.47. The van der Waals surface area contributed by atoms with Crippen LogP contribution < -0.4 is 10.6 Å². The summed E-state index contributed by atoms with van der Waals surface area (Å²) in [7, 11) is 0. The van der Waals surface area contributed by atoms with Crippen molar-refractivity contribution < 1.29 is 19.1 Å². The van der Waals surface area contributed by atoms with E-state index in [9.17, 15) is 9.59 Å². The summed E-state index contributed by atoms with van der Waals surface area (Å²) in [4.78, 5) is 25.8. The normalized spacial score (nSPS) is 12.1. The molecule has 0 aliphatic rings. The second kappa shape index (κ2) is 11.1. The molecule has 0 spiro atoms. The zero-order valence-corrected chi connectivity index (χ0v) is 21.3. The first-order valence-electron chi connectivity index (χ1n) is 12.0. The number of rotatable bonds is 8. The van der Waals surface area contributed by atoms with Crippen molar-refractivity contribution in [1.29, 1.82) is 0 Å². The molecule has 2 N–H and O–H groups in total. The number of anilines is 2. The van der Waals surface area contributed by atoms with Crippen molar-refractivity contribution >= 4 is 34.2 Å². The van der Waals surface area contributed by atoms with E-state index < -0.39 is 23.7 Å². The Morgan fingerprint density at radius 3 is 2.27 bits per heavy atom. The number of fused-ring (bicyclic) bond motifs is 1. The van der Waals surface area contributed by atoms with E-state index in [2.05, 4.69) is 26.2 Å². The third-order valence-corrected chi connectivity index (χ3v) is 5.34. The lowest BCUT2D eigenvalue weighted by molar-refractivity contribution is -0.144. The molecule has 1 aromatic heterocycles. The van der Waals surface area contributed by atoms with Gasteiger partial charge in [0.1, 0.15) is 5.60 Å². The lowest BCUT2D eigenvalue weighted by atomic mass is 10.1. The summed E-state index contributed by atoms with van der Waals surface area (Å²) >= 11 is 0. The third kappa shape index (κ3) is 6.60. The van der Waals surface area contributed by atoms with Crippen molar-refractivity contribution in [1.82, 2.24) is 20.2 Å². The average molecular weight is 503 g/mol. The molecule has 1 heterocycles. The molecule has 0 radical (unpaired) electrons. The van der Waals surface area contributed by atoms with Crippen LogP contribution in [0.1, 0.15) is 45.1 Å². The van der Waals surface area contributed by atoms with Crippen LogP contribution in [0, 0.1) is 0 Å². The lowest BCUT2D eigenvalue weighted by Gasteiger charge is -2.23. The summed E-state index contributed by atoms with van der Waals surface area (Å²) in [5, 5.41) is 19.9. The van der Waals surface area contributed by atoms with Gasteiger partial charge >= 0.3 is 12.1 Å². The van der Waals surface area contributed by atoms with E-state index in [1.165, 1.54) is 0 Å². The molecule has 192 valence electrons. The number of carbonyl (C=O) groups excluding carboxylic acids is 2. The third-order valence-electron chi connectivity index (χ3n) is 5.34. The lowest BCUT2D eigenvalue weighted by Crippen LogP contribution is -2.29. The fourth-order valence-electron chi connectivity index (χ4n) is 3.77. The van der Waals surface area contributed by atoms with E-state index >= 15 is 0 Å². The fourth-order valence-corrected chi connectivity index (χ4v) is 3.77. The molecule has 1 atom stereocenters. The number of amides is 1. The van der Waals surface area contributed by atoms with Gasteiger partial charge in [-0.3, -0.25) is 5.32 Å². The molecule has 0 aliphatic heterocycles. The Morgan fingerprint density at radius 2 is 1.62 bits per heavy atom. The number of aromatic nitrogens is 4. The minimum absolute atomic E-state index is 0.179. The number of nitrogens with zero attached hydrogens (tertiary/aromatic N) is 4. The van der Waals surface area contributed by atoms with Crippen LogP contribution in [0.2, 0.25) is 0 Å². The van der Waals surface area contributed by atoms with Crippen molar-refractivity contribution in [3.05, 3.63) is 78.1 Å². The van der Waals surface area contributed by atoms with Gasteiger partial charge in [0.25, 0.3) is 0 Å². The number of benzene rings is 3. The number of hydrogen-bond donors (Lipinski definition) is 2. The van der Waals surface area contributed by atoms with Crippen LogP contribution in [0.5, 0.6) is 0 Å². The van der Waals surface area contributed by atoms with E-state index in [-0.39, 0.29) is 12.4 Å². The van der Waals surface area contributed by atoms with Crippen molar-refractivity contribution in [3.63, 3.8) is 0 Å². The van der Waals surface area contributed by atoms with E-state index in [1.807, 2.05) is 66.7 Å². The Kier molecular flexibility index (Phi) is 7.66. The van der Waals surface area contributed by atoms with Crippen molar-refractivity contribution in [2.45, 2.75) is 45.9 Å². The van der Waals surface area contributed by atoms with Gasteiger partial charge in [-0.25, -0.2) is 14.3 Å². The molecule has 10 heteroatoms. The number of hydrogen-bond acceptors (Lipinski definition) is 8. The second-order valence-electron chi connectivity index (χ2n) is 9.38. The predicted octanol–water partition coefficient (Wildman–Crippen LogP) is 4.94. The van der Waals surface area contributed by atoms with Gasteiger partial charge in [0.2, 0.25) is 0 Å². The van der Waals surface area contributed by atoms with Crippen LogP contribution >= 0.6 is 0 Å². The molecule has 1 amide bonds. The molecule has 0 saturated carbocycles. The monoisotopic (exact) mass is 502 g/mol. The fraction of sp³-hybridized carbons (Fsp3) is 0.296. The van der Waals surface area contributed by atoms with Crippen LogP contribution in [0.3, 0.4) is 0 Å². The summed E-state index contributed by atoms with van der Waals surface area (Å²) in [6.45, 7) is 7.63. The zero-order chi connectivity index (χ0) is 26.4. The Labute approximate surface area is 215 Å². The highest BCUT2D eigenvalue weighted by Gasteiger charge is 2.29. The maximum Gasteiger partial charge on any atom is 0.412 e. The first-order chi connectivity index (χ1) is 17.7. The number of nitrogens with one attached hydrogen (secondary N) is 2. The quantitative estimate of drug-likeness (QED) is 0.325. The Balaban J connectivity index is 1.72. The largest absolute Gasteiger partial charge is 0.464 e. The van der Waals surface area contributed by atoms with Gasteiger partial charge < -0.3 is 14.8 Å². The minimum Gasteiger partial charge on any atom is -0.464 e. The maximum absolute atomic E-state index is 13.1. The van der Waals surface area contributed by atoms with Gasteiger partial charge in [-0.15, -0.1) is 5.10 Å². The van der Waals surface area contributed by atoms with Crippen molar-refractivity contribution in [2.24, 2.45) is 0 Å². The number of ether oxygens (including phenoxy) is 2. The standard InChI is InChI=1S/C27H30N6O4/c1-5-36-25(34)23(24-30-31-32-33(24)17-18-11-7-6-8-12-18)28-21-15-19-13-9-10-14-20(19)16-22(21)29-26(35)37-27(2,3)4/h6-16,23,28H,5,17H2,1-4H3,(H,29,35). The van der Waals surface area contributed by atoms with Crippen molar-refractivity contribution in [2.75, 3.05) is 17.2 Å². The first kappa shape index (κ1) is 25.6. The molecule has 0 bridgehead atoms. The molecule has 37 heavy (non-hydrogen) atoms. The summed E-state index contributed by atoms with van der Waals surface area (Å²) in [5.74, 6) is -0.276. The Bertz CT molecular complexity index is 1380. The topological polar surface area (TPSA) is 120 Å². The summed E-state index contributed by atoms with van der Waals surface area (Å²) in [5.41, 5.74) is 1.21. The molecule has 1 unspecified atom stereocenters. The van der Waals surface area contributed by atoms with Gasteiger partial charge in [-0.2, -0.15) is 0 Å². The Morgan fingerprint density at radius 1 is 0.973 bits per heavy atom. The molecule has 0 aliphatic carbocycles. The second-order valence-corrected chi connectivity index (χ2v) is 9.38. The van der Waals surface area contributed by atoms with Gasteiger partial charge in [0.15, 0.2) is 11.9 Å². The smallest absolute Gasteiger partial charge is 0.412 e.